The van der Waals surface area contributed by atoms with Crippen molar-refractivity contribution >= 4 is 17.6 Å². The van der Waals surface area contributed by atoms with Gasteiger partial charge in [-0.1, -0.05) is 29.8 Å². The van der Waals surface area contributed by atoms with Crippen LogP contribution in [0.3, 0.4) is 0 Å². The molecule has 0 fully saturated rings. The van der Waals surface area contributed by atoms with Gasteiger partial charge in [0, 0.05) is 23.9 Å². The molecule has 0 unspecified atom stereocenters. The van der Waals surface area contributed by atoms with E-state index in [0.717, 1.165) is 22.4 Å². The van der Waals surface area contributed by atoms with Gasteiger partial charge in [-0.2, -0.15) is 0 Å². The van der Waals surface area contributed by atoms with E-state index in [1.165, 1.54) is 0 Å². The van der Waals surface area contributed by atoms with Crippen molar-refractivity contribution in [2.24, 2.45) is 0 Å². The van der Waals surface area contributed by atoms with Crippen LogP contribution in [0.4, 0.5) is 0 Å². The van der Waals surface area contributed by atoms with Crippen LogP contribution in [0.2, 0.25) is 5.02 Å². The van der Waals surface area contributed by atoms with Crippen molar-refractivity contribution < 1.29 is 24.1 Å². The van der Waals surface area contributed by atoms with Crippen LogP contribution in [0, 0.1) is 13.8 Å². The van der Waals surface area contributed by atoms with Crippen LogP contribution in [0.25, 0.3) is 0 Å². The lowest BCUT2D eigenvalue weighted by Crippen LogP contribution is -2.16. The number of benzene rings is 3. The molecule has 0 aliphatic rings. The summed E-state index contributed by atoms with van der Waals surface area (Å²) in [5.74, 6) is 1.87. The van der Waals surface area contributed by atoms with Crippen molar-refractivity contribution in [2.45, 2.75) is 46.1 Å². The number of aryl methyl sites for hydroxylation is 2. The minimum Gasteiger partial charge on any atom is -0.493 e. The topological polar surface area (TPSA) is 65.0 Å². The molecule has 3 aromatic carbocycles. The lowest BCUT2D eigenvalue weighted by atomic mass is 9.98. The summed E-state index contributed by atoms with van der Waals surface area (Å²) < 4.78 is 18.0. The van der Waals surface area contributed by atoms with E-state index in [9.17, 15) is 4.79 Å². The average molecular weight is 469 g/mol. The van der Waals surface area contributed by atoms with Crippen molar-refractivity contribution in [2.75, 3.05) is 6.61 Å². The number of hydrogen-bond donors (Lipinski definition) is 1. The zero-order valence-corrected chi connectivity index (χ0v) is 19.9. The van der Waals surface area contributed by atoms with Crippen molar-refractivity contribution in [3.63, 3.8) is 0 Å². The first-order chi connectivity index (χ1) is 15.8. The summed E-state index contributed by atoms with van der Waals surface area (Å²) in [5, 5.41) is 9.51. The number of para-hydroxylation sites is 1. The maximum absolute atomic E-state index is 10.9. The summed E-state index contributed by atoms with van der Waals surface area (Å²) in [5.41, 5.74) is 3.15. The predicted molar refractivity (Wildman–Crippen MR) is 130 cm³/mol. The Balaban J connectivity index is 1.57. The van der Waals surface area contributed by atoms with Gasteiger partial charge in [-0.05, 0) is 80.3 Å². The SMILES string of the molecule is Cc1cc(OCC[C@@H](C)Oc2ccc(Cl)cc2Oc2ccccc2)cc(C)c1CCC(=O)O. The molecule has 33 heavy (non-hydrogen) atoms. The molecule has 0 radical (unpaired) electrons. The molecule has 0 aliphatic carbocycles. The van der Waals surface area contributed by atoms with Gasteiger partial charge in [0.1, 0.15) is 11.5 Å². The Hall–Kier alpha value is -3.18. The second-order valence-corrected chi connectivity index (χ2v) is 8.44. The van der Waals surface area contributed by atoms with E-state index in [1.807, 2.05) is 63.2 Å². The molecule has 0 saturated heterocycles. The van der Waals surface area contributed by atoms with Gasteiger partial charge in [0.25, 0.3) is 0 Å². The zero-order valence-electron chi connectivity index (χ0n) is 19.1. The number of carbonyl (C=O) groups is 1. The van der Waals surface area contributed by atoms with E-state index in [1.54, 1.807) is 18.2 Å². The number of carboxylic acid groups (broad SMARTS) is 1. The first-order valence-electron chi connectivity index (χ1n) is 11.0. The van der Waals surface area contributed by atoms with Crippen LogP contribution in [0.5, 0.6) is 23.0 Å². The molecule has 174 valence electrons. The standard InChI is InChI=1S/C27H29ClO5/c1-18-15-23(16-19(2)24(18)10-12-27(29)30)31-14-13-20(3)32-25-11-9-21(28)17-26(25)33-22-7-5-4-6-8-22/h4-9,11,15-17,20H,10,12-14H2,1-3H3,(H,29,30)/t20-/m1/s1. The Morgan fingerprint density at radius 3 is 2.33 bits per heavy atom. The summed E-state index contributed by atoms with van der Waals surface area (Å²) in [6, 6.07) is 18.7. The van der Waals surface area contributed by atoms with Gasteiger partial charge in [0.15, 0.2) is 11.5 Å². The van der Waals surface area contributed by atoms with Gasteiger partial charge in [-0.15, -0.1) is 0 Å². The van der Waals surface area contributed by atoms with Crippen LogP contribution in [-0.2, 0) is 11.2 Å². The van der Waals surface area contributed by atoms with E-state index in [4.69, 9.17) is 30.9 Å². The van der Waals surface area contributed by atoms with Gasteiger partial charge in [0.05, 0.1) is 12.7 Å². The van der Waals surface area contributed by atoms with Crippen molar-refractivity contribution in [3.05, 3.63) is 82.4 Å². The number of aliphatic carboxylic acids is 1. The highest BCUT2D eigenvalue weighted by Gasteiger charge is 2.13. The third-order valence-electron chi connectivity index (χ3n) is 5.26. The van der Waals surface area contributed by atoms with Gasteiger partial charge in [0.2, 0.25) is 0 Å². The van der Waals surface area contributed by atoms with Crippen molar-refractivity contribution in [1.29, 1.82) is 0 Å². The molecule has 5 nitrogen and oxygen atoms in total. The minimum absolute atomic E-state index is 0.110. The summed E-state index contributed by atoms with van der Waals surface area (Å²) in [6.07, 6.45) is 1.21. The Labute approximate surface area is 199 Å². The van der Waals surface area contributed by atoms with Crippen LogP contribution in [0.1, 0.15) is 36.5 Å². The third kappa shape index (κ3) is 7.43. The normalized spacial score (nSPS) is 11.6. The van der Waals surface area contributed by atoms with E-state index in [2.05, 4.69) is 0 Å². The maximum Gasteiger partial charge on any atom is 0.303 e. The Bertz CT molecular complexity index is 1060. The molecule has 0 amide bonds. The summed E-state index contributed by atoms with van der Waals surface area (Å²) in [6.45, 7) is 6.43. The molecular weight excluding hydrogens is 440 g/mol. The van der Waals surface area contributed by atoms with Crippen LogP contribution in [-0.4, -0.2) is 23.8 Å². The molecule has 1 atom stereocenters. The summed E-state index contributed by atoms with van der Waals surface area (Å²) >= 11 is 6.16. The fraction of sp³-hybridized carbons (Fsp3) is 0.296. The van der Waals surface area contributed by atoms with E-state index >= 15 is 0 Å². The Morgan fingerprint density at radius 1 is 0.970 bits per heavy atom. The number of rotatable bonds is 11. The molecule has 0 saturated carbocycles. The van der Waals surface area contributed by atoms with Crippen molar-refractivity contribution in [1.82, 2.24) is 0 Å². The fourth-order valence-electron chi connectivity index (χ4n) is 3.56. The maximum atomic E-state index is 10.9. The lowest BCUT2D eigenvalue weighted by Gasteiger charge is -2.19. The predicted octanol–water partition coefficient (Wildman–Crippen LogP) is 7.00. The summed E-state index contributed by atoms with van der Waals surface area (Å²) in [4.78, 5) is 10.9. The molecule has 0 bridgehead atoms. The second-order valence-electron chi connectivity index (χ2n) is 8.00. The second kappa shape index (κ2) is 11.6. The van der Waals surface area contributed by atoms with Gasteiger partial charge in [-0.25, -0.2) is 0 Å². The number of ether oxygens (including phenoxy) is 3. The van der Waals surface area contributed by atoms with Crippen LogP contribution >= 0.6 is 11.6 Å². The number of halogens is 1. The fourth-order valence-corrected chi connectivity index (χ4v) is 3.72. The van der Waals surface area contributed by atoms with E-state index in [-0.39, 0.29) is 12.5 Å². The summed E-state index contributed by atoms with van der Waals surface area (Å²) in [7, 11) is 0. The highest BCUT2D eigenvalue weighted by molar-refractivity contribution is 6.30. The van der Waals surface area contributed by atoms with E-state index in [0.29, 0.717) is 41.7 Å². The first kappa shape index (κ1) is 24.5. The van der Waals surface area contributed by atoms with Crippen LogP contribution in [0.15, 0.2) is 60.7 Å². The molecular formula is C27H29ClO5. The number of carboxylic acids is 1. The average Bonchev–Trinajstić information content (AvgIpc) is 2.75. The monoisotopic (exact) mass is 468 g/mol. The quantitative estimate of drug-likeness (QED) is 0.328. The van der Waals surface area contributed by atoms with Crippen molar-refractivity contribution in [3.8, 4) is 23.0 Å². The Kier molecular flexibility index (Phi) is 8.61. The van der Waals surface area contributed by atoms with E-state index < -0.39 is 5.97 Å². The van der Waals surface area contributed by atoms with Crippen LogP contribution < -0.4 is 14.2 Å². The van der Waals surface area contributed by atoms with Gasteiger partial charge in [-0.3, -0.25) is 4.79 Å². The molecule has 3 aromatic rings. The smallest absolute Gasteiger partial charge is 0.303 e. The highest BCUT2D eigenvalue weighted by Crippen LogP contribution is 2.35. The zero-order chi connectivity index (χ0) is 23.8. The molecule has 0 aliphatic heterocycles. The lowest BCUT2D eigenvalue weighted by molar-refractivity contribution is -0.136. The van der Waals surface area contributed by atoms with Gasteiger partial charge >= 0.3 is 5.97 Å². The first-order valence-corrected chi connectivity index (χ1v) is 11.3. The molecule has 0 spiro atoms. The minimum atomic E-state index is -0.791. The Morgan fingerprint density at radius 2 is 1.67 bits per heavy atom. The molecule has 0 heterocycles. The molecule has 0 aromatic heterocycles. The largest absolute Gasteiger partial charge is 0.493 e. The molecule has 1 N–H and O–H groups in total. The third-order valence-corrected chi connectivity index (χ3v) is 5.49. The molecule has 6 heteroatoms. The highest BCUT2D eigenvalue weighted by atomic mass is 35.5. The van der Waals surface area contributed by atoms with Gasteiger partial charge < -0.3 is 19.3 Å². The molecule has 3 rings (SSSR count). The number of hydrogen-bond acceptors (Lipinski definition) is 4.